The van der Waals surface area contributed by atoms with E-state index in [1.165, 1.54) is 0 Å². The molecule has 6 nitrogen and oxygen atoms in total. The highest BCUT2D eigenvalue weighted by atomic mass is 16.5. The van der Waals surface area contributed by atoms with E-state index >= 15 is 0 Å². The van der Waals surface area contributed by atoms with Gasteiger partial charge in [-0.1, -0.05) is 6.07 Å². The number of aromatic nitrogens is 1. The highest BCUT2D eigenvalue weighted by Gasteiger charge is 2.36. The summed E-state index contributed by atoms with van der Waals surface area (Å²) in [6.07, 6.45) is 3.71. The molecular weight excluding hydrogens is 282 g/mol. The van der Waals surface area contributed by atoms with E-state index in [1.807, 2.05) is 18.2 Å². The van der Waals surface area contributed by atoms with Gasteiger partial charge in [0.2, 0.25) is 11.8 Å². The van der Waals surface area contributed by atoms with Crippen molar-refractivity contribution in [3.63, 3.8) is 0 Å². The van der Waals surface area contributed by atoms with Crippen LogP contribution in [0.4, 0.5) is 0 Å². The zero-order valence-corrected chi connectivity index (χ0v) is 13.1. The third-order valence-electron chi connectivity index (χ3n) is 3.81. The predicted molar refractivity (Wildman–Crippen MR) is 81.8 cm³/mol. The monoisotopic (exact) mass is 305 g/mol. The summed E-state index contributed by atoms with van der Waals surface area (Å²) in [4.78, 5) is 28.6. The van der Waals surface area contributed by atoms with Crippen LogP contribution in [0.2, 0.25) is 0 Å². The summed E-state index contributed by atoms with van der Waals surface area (Å²) in [6, 6.07) is 5.49. The Labute approximate surface area is 130 Å². The van der Waals surface area contributed by atoms with Gasteiger partial charge in [-0.2, -0.15) is 0 Å². The number of carbonyl (C=O) groups is 2. The van der Waals surface area contributed by atoms with Crippen molar-refractivity contribution < 1.29 is 14.3 Å². The first-order chi connectivity index (χ1) is 10.5. The summed E-state index contributed by atoms with van der Waals surface area (Å²) in [6.45, 7) is 4.74. The van der Waals surface area contributed by atoms with Gasteiger partial charge in [0.25, 0.3) is 0 Å². The SMILES string of the molecule is CC(C)(C(=O)NCc1ccccn1)C(=O)NCC1CCCO1. The summed E-state index contributed by atoms with van der Waals surface area (Å²) < 4.78 is 5.46. The molecule has 1 unspecified atom stereocenters. The van der Waals surface area contributed by atoms with Crippen molar-refractivity contribution in [2.45, 2.75) is 39.3 Å². The second kappa shape index (κ2) is 7.35. The van der Waals surface area contributed by atoms with Gasteiger partial charge in [-0.15, -0.1) is 0 Å². The van der Waals surface area contributed by atoms with Crippen molar-refractivity contribution in [1.29, 1.82) is 0 Å². The van der Waals surface area contributed by atoms with Crippen LogP contribution in [0, 0.1) is 5.41 Å². The Morgan fingerprint density at radius 2 is 2.09 bits per heavy atom. The number of amides is 2. The molecular formula is C16H23N3O3. The van der Waals surface area contributed by atoms with Crippen molar-refractivity contribution in [3.8, 4) is 0 Å². The minimum atomic E-state index is -1.13. The summed E-state index contributed by atoms with van der Waals surface area (Å²) in [5.74, 6) is -0.607. The number of nitrogens with zero attached hydrogens (tertiary/aromatic N) is 1. The molecule has 2 N–H and O–H groups in total. The number of rotatable bonds is 6. The predicted octanol–water partition coefficient (Wildman–Crippen LogP) is 1.02. The molecule has 0 spiro atoms. The maximum Gasteiger partial charge on any atom is 0.235 e. The highest BCUT2D eigenvalue weighted by molar-refractivity contribution is 6.04. The number of hydrogen-bond acceptors (Lipinski definition) is 4. The molecule has 1 aromatic heterocycles. The van der Waals surface area contributed by atoms with Crippen molar-refractivity contribution in [1.82, 2.24) is 15.6 Å². The molecule has 1 aliphatic rings. The second-order valence-corrected chi connectivity index (χ2v) is 5.97. The van der Waals surface area contributed by atoms with Gasteiger partial charge < -0.3 is 15.4 Å². The quantitative estimate of drug-likeness (QED) is 0.769. The molecule has 0 bridgehead atoms. The molecule has 0 radical (unpaired) electrons. The van der Waals surface area contributed by atoms with E-state index in [9.17, 15) is 9.59 Å². The standard InChI is InChI=1S/C16H23N3O3/c1-16(2,15(21)19-11-13-7-5-9-22-13)14(20)18-10-12-6-3-4-8-17-12/h3-4,6,8,13H,5,7,9-11H2,1-2H3,(H,18,20)(H,19,21). The number of pyridine rings is 1. The van der Waals surface area contributed by atoms with Crippen molar-refractivity contribution in [2.75, 3.05) is 13.2 Å². The maximum atomic E-state index is 12.2. The average Bonchev–Trinajstić information content (AvgIpc) is 3.04. The Morgan fingerprint density at radius 1 is 1.32 bits per heavy atom. The van der Waals surface area contributed by atoms with E-state index in [-0.39, 0.29) is 17.9 Å². The molecule has 2 rings (SSSR count). The molecule has 0 aliphatic carbocycles. The minimum absolute atomic E-state index is 0.0660. The van der Waals surface area contributed by atoms with Crippen LogP contribution in [0.25, 0.3) is 0 Å². The molecule has 0 saturated carbocycles. The van der Waals surface area contributed by atoms with Gasteiger partial charge in [-0.25, -0.2) is 0 Å². The van der Waals surface area contributed by atoms with Crippen LogP contribution in [0.15, 0.2) is 24.4 Å². The van der Waals surface area contributed by atoms with Crippen molar-refractivity contribution in [3.05, 3.63) is 30.1 Å². The van der Waals surface area contributed by atoms with Gasteiger partial charge in [0.15, 0.2) is 0 Å². The van der Waals surface area contributed by atoms with Gasteiger partial charge in [0.05, 0.1) is 18.3 Å². The van der Waals surface area contributed by atoms with E-state index in [1.54, 1.807) is 20.0 Å². The van der Waals surface area contributed by atoms with Gasteiger partial charge in [0, 0.05) is 19.3 Å². The lowest BCUT2D eigenvalue weighted by atomic mass is 9.91. The lowest BCUT2D eigenvalue weighted by Gasteiger charge is -2.23. The van der Waals surface area contributed by atoms with Crippen molar-refractivity contribution in [2.24, 2.45) is 5.41 Å². The Bertz CT molecular complexity index is 511. The van der Waals surface area contributed by atoms with Crippen LogP contribution in [0.3, 0.4) is 0 Å². The lowest BCUT2D eigenvalue weighted by molar-refractivity contribution is -0.141. The first-order valence-electron chi connectivity index (χ1n) is 7.58. The number of nitrogens with one attached hydrogen (secondary N) is 2. The molecule has 6 heteroatoms. The minimum Gasteiger partial charge on any atom is -0.376 e. The summed E-state index contributed by atoms with van der Waals surface area (Å²) in [5, 5.41) is 5.56. The second-order valence-electron chi connectivity index (χ2n) is 5.97. The average molecular weight is 305 g/mol. The molecule has 22 heavy (non-hydrogen) atoms. The largest absolute Gasteiger partial charge is 0.376 e. The molecule has 1 atom stereocenters. The van der Waals surface area contributed by atoms with E-state index in [2.05, 4.69) is 15.6 Å². The summed E-state index contributed by atoms with van der Waals surface area (Å²) in [5.41, 5.74) is -0.376. The van der Waals surface area contributed by atoms with Gasteiger partial charge in [0.1, 0.15) is 5.41 Å². The summed E-state index contributed by atoms with van der Waals surface area (Å²) in [7, 11) is 0. The van der Waals surface area contributed by atoms with Crippen molar-refractivity contribution >= 4 is 11.8 Å². The van der Waals surface area contributed by atoms with Crippen LogP contribution < -0.4 is 10.6 Å². The van der Waals surface area contributed by atoms with E-state index in [0.29, 0.717) is 13.1 Å². The molecule has 0 aromatic carbocycles. The molecule has 2 amide bonds. The molecule has 1 aromatic rings. The molecule has 1 saturated heterocycles. The lowest BCUT2D eigenvalue weighted by Crippen LogP contribution is -2.49. The number of hydrogen-bond donors (Lipinski definition) is 2. The Hall–Kier alpha value is -1.95. The molecule has 1 fully saturated rings. The third-order valence-corrected chi connectivity index (χ3v) is 3.81. The smallest absolute Gasteiger partial charge is 0.235 e. The van der Waals surface area contributed by atoms with Crippen LogP contribution in [0.1, 0.15) is 32.4 Å². The fourth-order valence-corrected chi connectivity index (χ4v) is 2.23. The Morgan fingerprint density at radius 3 is 2.73 bits per heavy atom. The first kappa shape index (κ1) is 16.4. The summed E-state index contributed by atoms with van der Waals surface area (Å²) >= 11 is 0. The molecule has 2 heterocycles. The van der Waals surface area contributed by atoms with Gasteiger partial charge in [-0.05, 0) is 38.8 Å². The van der Waals surface area contributed by atoms with Crippen LogP contribution in [0.5, 0.6) is 0 Å². The highest BCUT2D eigenvalue weighted by Crippen LogP contribution is 2.17. The zero-order valence-electron chi connectivity index (χ0n) is 13.1. The van der Waals surface area contributed by atoms with Crippen LogP contribution in [-0.4, -0.2) is 36.1 Å². The normalized spacial score (nSPS) is 18.0. The fourth-order valence-electron chi connectivity index (χ4n) is 2.23. The zero-order chi connectivity index (χ0) is 16.0. The number of carbonyl (C=O) groups excluding carboxylic acids is 2. The van der Waals surface area contributed by atoms with Gasteiger partial charge in [-0.3, -0.25) is 14.6 Å². The Balaban J connectivity index is 1.81. The van der Waals surface area contributed by atoms with Crippen LogP contribution >= 0.6 is 0 Å². The first-order valence-corrected chi connectivity index (χ1v) is 7.58. The topological polar surface area (TPSA) is 80.3 Å². The van der Waals surface area contributed by atoms with E-state index in [0.717, 1.165) is 25.1 Å². The fraction of sp³-hybridized carbons (Fsp3) is 0.562. The van der Waals surface area contributed by atoms with Gasteiger partial charge >= 0.3 is 0 Å². The van der Waals surface area contributed by atoms with E-state index in [4.69, 9.17) is 4.74 Å². The van der Waals surface area contributed by atoms with Crippen LogP contribution in [-0.2, 0) is 20.9 Å². The Kier molecular flexibility index (Phi) is 5.49. The maximum absolute atomic E-state index is 12.2. The number of ether oxygens (including phenoxy) is 1. The molecule has 120 valence electrons. The third kappa shape index (κ3) is 4.27. The van der Waals surface area contributed by atoms with E-state index < -0.39 is 5.41 Å². The molecule has 1 aliphatic heterocycles.